The van der Waals surface area contributed by atoms with Crippen LogP contribution in [-0.4, -0.2) is 51.8 Å². The molecule has 0 unspecified atom stereocenters. The number of likely N-dealkylation sites (tertiary alicyclic amines) is 1. The summed E-state index contributed by atoms with van der Waals surface area (Å²) in [7, 11) is 0. The molecular weight excluding hydrogens is 357 g/mol. The lowest BCUT2D eigenvalue weighted by Crippen LogP contribution is -2.52. The number of aromatic nitrogens is 1. The molecule has 2 N–H and O–H groups in total. The fourth-order valence-corrected chi connectivity index (χ4v) is 4.51. The van der Waals surface area contributed by atoms with Crippen LogP contribution in [0, 0.1) is 5.82 Å². The van der Waals surface area contributed by atoms with E-state index in [0.717, 1.165) is 45.2 Å². The van der Waals surface area contributed by atoms with Crippen LogP contribution in [0.4, 0.5) is 4.39 Å². The molecule has 0 radical (unpaired) electrons. The van der Waals surface area contributed by atoms with Crippen molar-refractivity contribution >= 4 is 5.91 Å². The average Bonchev–Trinajstić information content (AvgIpc) is 3.23. The number of carbonyl (C=O) groups excluding carboxylic acids is 1. The predicted octanol–water partition coefficient (Wildman–Crippen LogP) is 3.11. The molecule has 2 heterocycles. The van der Waals surface area contributed by atoms with E-state index in [1.807, 2.05) is 12.1 Å². The van der Waals surface area contributed by atoms with Gasteiger partial charge in [0, 0.05) is 43.1 Å². The van der Waals surface area contributed by atoms with Crippen LogP contribution in [0.1, 0.15) is 48.9 Å². The van der Waals surface area contributed by atoms with Crippen molar-refractivity contribution in [2.75, 3.05) is 13.1 Å². The highest BCUT2D eigenvalue weighted by Crippen LogP contribution is 2.26. The van der Waals surface area contributed by atoms with Gasteiger partial charge in [0.15, 0.2) is 0 Å². The van der Waals surface area contributed by atoms with Crippen molar-refractivity contribution in [2.24, 2.45) is 0 Å². The van der Waals surface area contributed by atoms with Crippen LogP contribution >= 0.6 is 0 Å². The topological polar surface area (TPSA) is 57.5 Å². The number of nitrogens with zero attached hydrogens (tertiary/aromatic N) is 2. The van der Waals surface area contributed by atoms with Gasteiger partial charge in [-0.2, -0.15) is 0 Å². The smallest absolute Gasteiger partial charge is 0.251 e. The number of hydrogen-bond acceptors (Lipinski definition) is 3. The summed E-state index contributed by atoms with van der Waals surface area (Å²) in [4.78, 5) is 14.9. The number of rotatable bonds is 4. The maximum atomic E-state index is 14.4. The number of halogens is 1. The average molecular weight is 385 g/mol. The third kappa shape index (κ3) is 4.13. The van der Waals surface area contributed by atoms with Crippen LogP contribution in [0.15, 0.2) is 42.7 Å². The molecule has 0 bridgehead atoms. The molecule has 2 atom stereocenters. The number of aliphatic hydroxyl groups is 1. The molecule has 5 nitrogen and oxygen atoms in total. The molecule has 1 saturated carbocycles. The Kier molecular flexibility index (Phi) is 5.78. The molecule has 1 aromatic heterocycles. The summed E-state index contributed by atoms with van der Waals surface area (Å²) >= 11 is 0. The van der Waals surface area contributed by atoms with Crippen molar-refractivity contribution in [1.29, 1.82) is 0 Å². The van der Waals surface area contributed by atoms with E-state index >= 15 is 0 Å². The quantitative estimate of drug-likeness (QED) is 0.850. The van der Waals surface area contributed by atoms with Crippen LogP contribution < -0.4 is 5.32 Å². The zero-order valence-electron chi connectivity index (χ0n) is 16.1. The van der Waals surface area contributed by atoms with Crippen molar-refractivity contribution in [3.05, 3.63) is 54.1 Å². The fourth-order valence-electron chi connectivity index (χ4n) is 4.51. The van der Waals surface area contributed by atoms with Gasteiger partial charge in [0.05, 0.1) is 11.8 Å². The van der Waals surface area contributed by atoms with Gasteiger partial charge in [-0.1, -0.05) is 12.8 Å². The van der Waals surface area contributed by atoms with Crippen LogP contribution in [0.2, 0.25) is 0 Å². The monoisotopic (exact) mass is 385 g/mol. The summed E-state index contributed by atoms with van der Waals surface area (Å²) in [5.74, 6) is -0.640. The second-order valence-corrected chi connectivity index (χ2v) is 7.96. The number of aliphatic hydroxyl groups excluding tert-OH is 1. The van der Waals surface area contributed by atoms with E-state index in [0.29, 0.717) is 11.3 Å². The largest absolute Gasteiger partial charge is 0.391 e. The molecule has 28 heavy (non-hydrogen) atoms. The maximum absolute atomic E-state index is 14.4. The van der Waals surface area contributed by atoms with Crippen molar-refractivity contribution < 1.29 is 14.3 Å². The van der Waals surface area contributed by atoms with Gasteiger partial charge in [-0.15, -0.1) is 0 Å². The van der Waals surface area contributed by atoms with Crippen LogP contribution in [0.5, 0.6) is 0 Å². The second-order valence-electron chi connectivity index (χ2n) is 7.96. The van der Waals surface area contributed by atoms with Crippen molar-refractivity contribution in [3.8, 4) is 5.69 Å². The molecule has 1 aliphatic heterocycles. The van der Waals surface area contributed by atoms with Crippen LogP contribution in [-0.2, 0) is 0 Å². The standard InChI is InChI=1S/C22H28FN3O2/c23-18-15-16(7-8-19(18)25-11-3-4-12-25)22(28)24-17-9-13-26(14-10-17)20-5-1-2-6-21(20)27/h3-4,7-8,11-12,15,17,20-21,27H,1-2,5-6,9-10,13-14H2,(H,24,28)/t20-,21-/m1/s1. The molecule has 1 amide bonds. The number of benzene rings is 1. The summed E-state index contributed by atoms with van der Waals surface area (Å²) in [5, 5.41) is 13.3. The number of piperidine rings is 1. The van der Waals surface area contributed by atoms with Gasteiger partial charge >= 0.3 is 0 Å². The fraction of sp³-hybridized carbons (Fsp3) is 0.500. The molecule has 0 spiro atoms. The van der Waals surface area contributed by atoms with Gasteiger partial charge in [0.25, 0.3) is 5.91 Å². The Balaban J connectivity index is 1.33. The minimum atomic E-state index is -0.412. The lowest BCUT2D eigenvalue weighted by atomic mass is 9.89. The first-order valence-electron chi connectivity index (χ1n) is 10.3. The molecule has 6 heteroatoms. The summed E-state index contributed by atoms with van der Waals surface area (Å²) in [6.45, 7) is 1.77. The number of nitrogens with one attached hydrogen (secondary N) is 1. The molecule has 2 aromatic rings. The zero-order valence-corrected chi connectivity index (χ0v) is 16.1. The van der Waals surface area contributed by atoms with E-state index in [2.05, 4.69) is 10.2 Å². The van der Waals surface area contributed by atoms with Gasteiger partial charge in [-0.05, 0) is 56.0 Å². The molecular formula is C22H28FN3O2. The minimum absolute atomic E-state index is 0.0941. The number of carbonyl (C=O) groups is 1. The Morgan fingerprint density at radius 3 is 2.46 bits per heavy atom. The normalized spacial score (nSPS) is 24.2. The molecule has 4 rings (SSSR count). The Morgan fingerprint density at radius 2 is 1.79 bits per heavy atom. The Bertz CT molecular complexity index is 800. The van der Waals surface area contributed by atoms with Gasteiger partial charge < -0.3 is 15.0 Å². The molecule has 2 fully saturated rings. The van der Waals surface area contributed by atoms with Gasteiger partial charge in [-0.25, -0.2) is 4.39 Å². The zero-order chi connectivity index (χ0) is 19.5. The third-order valence-corrected chi connectivity index (χ3v) is 6.12. The van der Waals surface area contributed by atoms with Crippen LogP contribution in [0.3, 0.4) is 0 Å². The van der Waals surface area contributed by atoms with Crippen molar-refractivity contribution in [3.63, 3.8) is 0 Å². The molecule has 2 aliphatic rings. The molecule has 1 aromatic carbocycles. The Morgan fingerprint density at radius 1 is 1.07 bits per heavy atom. The van der Waals surface area contributed by atoms with E-state index in [4.69, 9.17) is 0 Å². The Labute approximate surface area is 165 Å². The highest BCUT2D eigenvalue weighted by atomic mass is 19.1. The Hall–Kier alpha value is -2.18. The lowest BCUT2D eigenvalue weighted by Gasteiger charge is -2.41. The van der Waals surface area contributed by atoms with Gasteiger partial charge in [0.1, 0.15) is 5.82 Å². The summed E-state index contributed by atoms with van der Waals surface area (Å²) < 4.78 is 16.1. The van der Waals surface area contributed by atoms with Crippen LogP contribution in [0.25, 0.3) is 5.69 Å². The lowest BCUT2D eigenvalue weighted by molar-refractivity contribution is 0.00727. The van der Waals surface area contributed by atoms with Gasteiger partial charge in [0.2, 0.25) is 0 Å². The summed E-state index contributed by atoms with van der Waals surface area (Å²) in [5.41, 5.74) is 0.777. The number of amides is 1. The van der Waals surface area contributed by atoms with Crippen molar-refractivity contribution in [2.45, 2.75) is 56.7 Å². The SMILES string of the molecule is O=C(NC1CCN([C@@H]2CCCC[C@H]2O)CC1)c1ccc(-n2cccc2)c(F)c1. The first-order chi connectivity index (χ1) is 13.6. The maximum Gasteiger partial charge on any atom is 0.251 e. The highest BCUT2D eigenvalue weighted by Gasteiger charge is 2.31. The summed E-state index contributed by atoms with van der Waals surface area (Å²) in [6, 6.07) is 8.63. The third-order valence-electron chi connectivity index (χ3n) is 6.12. The second kappa shape index (κ2) is 8.45. The van der Waals surface area contributed by atoms with E-state index in [-0.39, 0.29) is 24.1 Å². The van der Waals surface area contributed by atoms with E-state index in [1.165, 1.54) is 12.5 Å². The molecule has 150 valence electrons. The molecule has 1 aliphatic carbocycles. The molecule has 1 saturated heterocycles. The highest BCUT2D eigenvalue weighted by molar-refractivity contribution is 5.94. The van der Waals surface area contributed by atoms with E-state index < -0.39 is 5.82 Å². The first-order valence-corrected chi connectivity index (χ1v) is 10.3. The van der Waals surface area contributed by atoms with Crippen molar-refractivity contribution in [1.82, 2.24) is 14.8 Å². The number of hydrogen-bond donors (Lipinski definition) is 2. The summed E-state index contributed by atoms with van der Waals surface area (Å²) in [6.07, 6.45) is 9.30. The predicted molar refractivity (Wildman–Crippen MR) is 106 cm³/mol. The van der Waals surface area contributed by atoms with Gasteiger partial charge in [-0.3, -0.25) is 9.69 Å². The van der Waals surface area contributed by atoms with E-state index in [1.54, 1.807) is 29.1 Å². The first kappa shape index (κ1) is 19.2. The van der Waals surface area contributed by atoms with E-state index in [9.17, 15) is 14.3 Å². The minimum Gasteiger partial charge on any atom is -0.391 e.